The van der Waals surface area contributed by atoms with E-state index in [0.717, 1.165) is 6.42 Å². The molecule has 0 aliphatic carbocycles. The van der Waals surface area contributed by atoms with E-state index in [9.17, 15) is 9.59 Å². The lowest BCUT2D eigenvalue weighted by Crippen LogP contribution is -2.42. The summed E-state index contributed by atoms with van der Waals surface area (Å²) in [6.07, 6.45) is 1.49. The number of benzene rings is 1. The summed E-state index contributed by atoms with van der Waals surface area (Å²) in [6, 6.07) is 11.9. The van der Waals surface area contributed by atoms with Gasteiger partial charge in [0.15, 0.2) is 0 Å². The predicted molar refractivity (Wildman–Crippen MR) is 88.2 cm³/mol. The summed E-state index contributed by atoms with van der Waals surface area (Å²) in [6.45, 7) is 0.599. The molecule has 1 aliphatic rings. The van der Waals surface area contributed by atoms with Crippen molar-refractivity contribution in [3.63, 3.8) is 0 Å². The number of carbonyl (C=O) groups excluding carboxylic acids is 2. The minimum absolute atomic E-state index is 0.0857. The van der Waals surface area contributed by atoms with Crippen molar-refractivity contribution in [2.75, 3.05) is 11.9 Å². The van der Waals surface area contributed by atoms with E-state index in [2.05, 4.69) is 5.32 Å². The van der Waals surface area contributed by atoms with Crippen LogP contribution in [-0.2, 0) is 4.79 Å². The molecule has 23 heavy (non-hydrogen) atoms. The highest BCUT2D eigenvalue weighted by Gasteiger charge is 2.34. The van der Waals surface area contributed by atoms with Gasteiger partial charge in [-0.3, -0.25) is 9.59 Å². The Morgan fingerprint density at radius 3 is 2.70 bits per heavy atom. The van der Waals surface area contributed by atoms with Crippen LogP contribution in [0, 0.1) is 11.3 Å². The summed E-state index contributed by atoms with van der Waals surface area (Å²) in [7, 11) is 0. The van der Waals surface area contributed by atoms with Gasteiger partial charge in [-0.15, -0.1) is 11.3 Å². The van der Waals surface area contributed by atoms with E-state index in [-0.39, 0.29) is 11.8 Å². The molecule has 6 heteroatoms. The fourth-order valence-corrected chi connectivity index (χ4v) is 3.36. The molecule has 0 bridgehead atoms. The van der Waals surface area contributed by atoms with E-state index < -0.39 is 6.04 Å². The summed E-state index contributed by atoms with van der Waals surface area (Å²) in [5.74, 6) is -0.269. The van der Waals surface area contributed by atoms with Crippen LogP contribution in [0.15, 0.2) is 41.8 Å². The Morgan fingerprint density at radius 2 is 2.04 bits per heavy atom. The quantitative estimate of drug-likeness (QED) is 0.943. The van der Waals surface area contributed by atoms with Gasteiger partial charge in [0, 0.05) is 12.2 Å². The zero-order valence-electron chi connectivity index (χ0n) is 12.4. The van der Waals surface area contributed by atoms with Crippen molar-refractivity contribution in [1.29, 1.82) is 5.26 Å². The molecule has 1 unspecified atom stereocenters. The van der Waals surface area contributed by atoms with Crippen molar-refractivity contribution in [2.45, 2.75) is 18.9 Å². The van der Waals surface area contributed by atoms with Crippen LogP contribution < -0.4 is 5.32 Å². The minimum atomic E-state index is -0.444. The fourth-order valence-electron chi connectivity index (χ4n) is 2.68. The SMILES string of the molecule is N#Cc1ccc(NC(=O)C2CCCN2C(=O)c2cccs2)cc1. The Morgan fingerprint density at radius 1 is 1.26 bits per heavy atom. The number of rotatable bonds is 3. The zero-order chi connectivity index (χ0) is 16.2. The van der Waals surface area contributed by atoms with Gasteiger partial charge in [0.05, 0.1) is 16.5 Å². The van der Waals surface area contributed by atoms with Gasteiger partial charge in [0.25, 0.3) is 5.91 Å². The number of likely N-dealkylation sites (tertiary alicyclic amines) is 1. The Bertz CT molecular complexity index is 747. The van der Waals surface area contributed by atoms with Crippen LogP contribution in [0.4, 0.5) is 5.69 Å². The lowest BCUT2D eigenvalue weighted by Gasteiger charge is -2.23. The highest BCUT2D eigenvalue weighted by Crippen LogP contribution is 2.23. The average Bonchev–Trinajstić information content (AvgIpc) is 3.26. The first-order chi connectivity index (χ1) is 11.2. The van der Waals surface area contributed by atoms with Crippen molar-refractivity contribution in [3.8, 4) is 6.07 Å². The third-order valence-corrected chi connectivity index (χ3v) is 4.69. The molecule has 2 amide bonds. The van der Waals surface area contributed by atoms with Gasteiger partial charge in [-0.1, -0.05) is 6.07 Å². The first-order valence-corrected chi connectivity index (χ1v) is 8.22. The van der Waals surface area contributed by atoms with E-state index in [1.165, 1.54) is 11.3 Å². The van der Waals surface area contributed by atoms with Gasteiger partial charge in [0.1, 0.15) is 6.04 Å². The number of anilines is 1. The fraction of sp³-hybridized carbons (Fsp3) is 0.235. The van der Waals surface area contributed by atoms with Crippen LogP contribution >= 0.6 is 11.3 Å². The van der Waals surface area contributed by atoms with Gasteiger partial charge in [0.2, 0.25) is 5.91 Å². The maximum atomic E-state index is 12.5. The molecule has 5 nitrogen and oxygen atoms in total. The van der Waals surface area contributed by atoms with E-state index in [1.54, 1.807) is 35.2 Å². The van der Waals surface area contributed by atoms with Crippen molar-refractivity contribution in [1.82, 2.24) is 4.90 Å². The molecule has 2 heterocycles. The molecule has 0 spiro atoms. The molecular weight excluding hydrogens is 310 g/mol. The molecule has 1 saturated heterocycles. The highest BCUT2D eigenvalue weighted by atomic mass is 32.1. The first kappa shape index (κ1) is 15.3. The molecule has 1 atom stereocenters. The third-order valence-electron chi connectivity index (χ3n) is 3.83. The molecule has 1 aromatic heterocycles. The van der Waals surface area contributed by atoms with Gasteiger partial charge < -0.3 is 10.2 Å². The van der Waals surface area contributed by atoms with Gasteiger partial charge in [-0.05, 0) is 48.6 Å². The Balaban J connectivity index is 1.70. The molecule has 116 valence electrons. The van der Waals surface area contributed by atoms with Crippen LogP contribution in [-0.4, -0.2) is 29.3 Å². The van der Waals surface area contributed by atoms with Crippen LogP contribution in [0.1, 0.15) is 28.1 Å². The second-order valence-corrected chi connectivity index (χ2v) is 6.26. The number of nitriles is 1. The number of thiophene rings is 1. The molecule has 1 fully saturated rings. The predicted octanol–water partition coefficient (Wildman–Crippen LogP) is 2.86. The smallest absolute Gasteiger partial charge is 0.264 e. The van der Waals surface area contributed by atoms with Crippen LogP contribution in [0.2, 0.25) is 0 Å². The van der Waals surface area contributed by atoms with Crippen molar-refractivity contribution in [3.05, 3.63) is 52.2 Å². The van der Waals surface area contributed by atoms with Gasteiger partial charge >= 0.3 is 0 Å². The monoisotopic (exact) mass is 325 g/mol. The number of amides is 2. The lowest BCUT2D eigenvalue weighted by atomic mass is 10.2. The van der Waals surface area contributed by atoms with Gasteiger partial charge in [-0.25, -0.2) is 0 Å². The molecule has 3 rings (SSSR count). The summed E-state index contributed by atoms with van der Waals surface area (Å²) < 4.78 is 0. The summed E-state index contributed by atoms with van der Waals surface area (Å²) in [4.78, 5) is 27.3. The third kappa shape index (κ3) is 3.25. The van der Waals surface area contributed by atoms with Gasteiger partial charge in [-0.2, -0.15) is 5.26 Å². The number of hydrogen-bond acceptors (Lipinski definition) is 4. The minimum Gasteiger partial charge on any atom is -0.326 e. The summed E-state index contributed by atoms with van der Waals surface area (Å²) in [5, 5.41) is 13.5. The Hall–Kier alpha value is -2.65. The molecule has 0 saturated carbocycles. The maximum Gasteiger partial charge on any atom is 0.264 e. The summed E-state index contributed by atoms with van der Waals surface area (Å²) in [5.41, 5.74) is 1.17. The van der Waals surface area contributed by atoms with Crippen LogP contribution in [0.3, 0.4) is 0 Å². The van der Waals surface area contributed by atoms with Crippen LogP contribution in [0.5, 0.6) is 0 Å². The van der Waals surface area contributed by atoms with E-state index in [0.29, 0.717) is 29.1 Å². The second kappa shape index (κ2) is 6.63. The Kier molecular flexibility index (Phi) is 4.40. The highest BCUT2D eigenvalue weighted by molar-refractivity contribution is 7.12. The number of hydrogen-bond donors (Lipinski definition) is 1. The summed E-state index contributed by atoms with van der Waals surface area (Å²) >= 11 is 1.39. The first-order valence-electron chi connectivity index (χ1n) is 7.34. The average molecular weight is 325 g/mol. The molecule has 1 N–H and O–H groups in total. The normalized spacial score (nSPS) is 16.8. The van der Waals surface area contributed by atoms with E-state index >= 15 is 0 Å². The maximum absolute atomic E-state index is 12.5. The number of nitrogens with zero attached hydrogens (tertiary/aromatic N) is 2. The zero-order valence-corrected chi connectivity index (χ0v) is 13.2. The standard InChI is InChI=1S/C17H15N3O2S/c18-11-12-5-7-13(8-6-12)19-16(21)14-3-1-9-20(14)17(22)15-4-2-10-23-15/h2,4-8,10,14H,1,3,9H2,(H,19,21). The van der Waals surface area contributed by atoms with E-state index in [1.807, 2.05) is 17.5 Å². The number of nitrogens with one attached hydrogen (secondary N) is 1. The Labute approximate surface area is 138 Å². The lowest BCUT2D eigenvalue weighted by molar-refractivity contribution is -0.119. The number of carbonyl (C=O) groups is 2. The van der Waals surface area contributed by atoms with Crippen molar-refractivity contribution < 1.29 is 9.59 Å². The molecule has 1 aliphatic heterocycles. The molecular formula is C17H15N3O2S. The van der Waals surface area contributed by atoms with Crippen molar-refractivity contribution in [2.24, 2.45) is 0 Å². The largest absolute Gasteiger partial charge is 0.326 e. The molecule has 2 aromatic rings. The second-order valence-electron chi connectivity index (χ2n) is 5.31. The van der Waals surface area contributed by atoms with Crippen molar-refractivity contribution >= 4 is 28.8 Å². The van der Waals surface area contributed by atoms with Crippen LogP contribution in [0.25, 0.3) is 0 Å². The van der Waals surface area contributed by atoms with E-state index in [4.69, 9.17) is 5.26 Å². The molecule has 0 radical (unpaired) electrons. The molecule has 1 aromatic carbocycles. The topological polar surface area (TPSA) is 73.2 Å².